The Morgan fingerprint density at radius 2 is 2.00 bits per heavy atom. The van der Waals surface area contributed by atoms with Crippen molar-refractivity contribution >= 4 is 11.8 Å². The van der Waals surface area contributed by atoms with Crippen molar-refractivity contribution in [1.29, 1.82) is 0 Å². The fourth-order valence-electron chi connectivity index (χ4n) is 3.07. The van der Waals surface area contributed by atoms with Crippen molar-refractivity contribution < 1.29 is 23.1 Å². The lowest BCUT2D eigenvalue weighted by molar-refractivity contribution is -0.121. The summed E-state index contributed by atoms with van der Waals surface area (Å²) in [7, 11) is 1.44. The van der Waals surface area contributed by atoms with Gasteiger partial charge in [-0.05, 0) is 25.0 Å². The van der Waals surface area contributed by atoms with Crippen LogP contribution in [0.25, 0.3) is 0 Å². The molecular weight excluding hydrogens is 294 g/mol. The molecule has 1 heterocycles. The summed E-state index contributed by atoms with van der Waals surface area (Å²) < 4.78 is 32.8. The summed E-state index contributed by atoms with van der Waals surface area (Å²) in [5.41, 5.74) is 3.70. The fourth-order valence-corrected chi connectivity index (χ4v) is 3.07. The van der Waals surface area contributed by atoms with E-state index in [-0.39, 0.29) is 13.0 Å². The molecule has 5 nitrogen and oxygen atoms in total. The average molecular weight is 312 g/mol. The number of ether oxygens (including phenoxy) is 1. The third-order valence-corrected chi connectivity index (χ3v) is 3.93. The van der Waals surface area contributed by atoms with E-state index in [1.807, 2.05) is 0 Å². The lowest BCUT2D eigenvalue weighted by Crippen LogP contribution is -2.52. The second-order valence-electron chi connectivity index (χ2n) is 5.46. The molecule has 0 saturated carbocycles. The fraction of sp³-hybridized carbons (Fsp3) is 0.467. The molecule has 0 spiro atoms. The monoisotopic (exact) mass is 312 g/mol. The van der Waals surface area contributed by atoms with Gasteiger partial charge in [0.1, 0.15) is 17.2 Å². The van der Waals surface area contributed by atoms with Gasteiger partial charge in [0.2, 0.25) is 5.91 Å². The number of benzene rings is 1. The number of primary amides is 1. The number of methoxy groups -OCH3 is 1. The molecule has 22 heavy (non-hydrogen) atoms. The van der Waals surface area contributed by atoms with Gasteiger partial charge in [0.25, 0.3) is 5.91 Å². The molecule has 2 amide bonds. The van der Waals surface area contributed by atoms with Gasteiger partial charge in [0, 0.05) is 13.7 Å². The molecule has 0 unspecified atom stereocenters. The molecule has 2 rings (SSSR count). The lowest BCUT2D eigenvalue weighted by atomic mass is 9.91. The number of halogens is 2. The van der Waals surface area contributed by atoms with E-state index in [0.29, 0.717) is 19.4 Å². The molecule has 1 aromatic carbocycles. The summed E-state index contributed by atoms with van der Waals surface area (Å²) in [4.78, 5) is 25.3. The molecule has 1 aromatic rings. The maximum absolute atomic E-state index is 13.8. The Morgan fingerprint density at radius 3 is 2.55 bits per heavy atom. The number of nitrogens with two attached hydrogens (primary N) is 1. The van der Waals surface area contributed by atoms with E-state index in [1.54, 1.807) is 0 Å². The predicted octanol–water partition coefficient (Wildman–Crippen LogP) is 1.46. The van der Waals surface area contributed by atoms with Gasteiger partial charge < -0.3 is 15.4 Å². The minimum Gasteiger partial charge on any atom is -0.382 e. The summed E-state index contributed by atoms with van der Waals surface area (Å²) in [5, 5.41) is 0. The number of hydrogen-bond donors (Lipinski definition) is 1. The molecule has 1 aliphatic rings. The highest BCUT2D eigenvalue weighted by atomic mass is 19.1. The summed E-state index contributed by atoms with van der Waals surface area (Å²) in [6, 6.07) is 3.24. The third kappa shape index (κ3) is 2.94. The summed E-state index contributed by atoms with van der Waals surface area (Å²) in [6.07, 6.45) is 0.993. The van der Waals surface area contributed by atoms with Crippen molar-refractivity contribution in [1.82, 2.24) is 4.90 Å². The van der Waals surface area contributed by atoms with Crippen LogP contribution in [0.15, 0.2) is 18.2 Å². The van der Waals surface area contributed by atoms with Crippen LogP contribution in [-0.4, -0.2) is 42.5 Å². The van der Waals surface area contributed by atoms with Crippen molar-refractivity contribution in [2.24, 2.45) is 5.73 Å². The maximum atomic E-state index is 13.8. The highest BCUT2D eigenvalue weighted by molar-refractivity contribution is 5.96. The van der Waals surface area contributed by atoms with E-state index in [9.17, 15) is 18.4 Å². The first-order valence-electron chi connectivity index (χ1n) is 6.94. The largest absolute Gasteiger partial charge is 0.382 e. The van der Waals surface area contributed by atoms with Gasteiger partial charge in [-0.3, -0.25) is 9.59 Å². The summed E-state index contributed by atoms with van der Waals surface area (Å²) >= 11 is 0. The van der Waals surface area contributed by atoms with Gasteiger partial charge in [-0.1, -0.05) is 6.07 Å². The van der Waals surface area contributed by atoms with Crippen molar-refractivity contribution in [3.8, 4) is 0 Å². The Balaban J connectivity index is 2.40. The third-order valence-electron chi connectivity index (χ3n) is 3.93. The Kier molecular flexibility index (Phi) is 4.75. The maximum Gasteiger partial charge on any atom is 0.260 e. The Hall–Kier alpha value is -2.02. The van der Waals surface area contributed by atoms with Gasteiger partial charge in [0.05, 0.1) is 18.6 Å². The molecule has 1 saturated heterocycles. The van der Waals surface area contributed by atoms with Crippen LogP contribution in [0.4, 0.5) is 8.78 Å². The van der Waals surface area contributed by atoms with E-state index in [1.165, 1.54) is 18.1 Å². The first-order chi connectivity index (χ1) is 10.4. The van der Waals surface area contributed by atoms with Crippen LogP contribution in [-0.2, 0) is 9.53 Å². The molecular formula is C15H18F2N2O3. The topological polar surface area (TPSA) is 72.6 Å². The van der Waals surface area contributed by atoms with Gasteiger partial charge in [0.15, 0.2) is 0 Å². The van der Waals surface area contributed by atoms with Crippen molar-refractivity contribution in [2.45, 2.75) is 24.8 Å². The average Bonchev–Trinajstić information content (AvgIpc) is 2.81. The predicted molar refractivity (Wildman–Crippen MR) is 75.0 cm³/mol. The molecule has 0 aliphatic carbocycles. The van der Waals surface area contributed by atoms with Crippen LogP contribution in [0, 0.1) is 11.6 Å². The highest BCUT2D eigenvalue weighted by Gasteiger charge is 2.46. The number of nitrogens with zero attached hydrogens (tertiary/aromatic N) is 1. The minimum atomic E-state index is -0.952. The van der Waals surface area contributed by atoms with Crippen molar-refractivity contribution in [3.05, 3.63) is 35.4 Å². The lowest BCUT2D eigenvalue weighted by Gasteiger charge is -2.37. The van der Waals surface area contributed by atoms with Gasteiger partial charge >= 0.3 is 0 Å². The van der Waals surface area contributed by atoms with E-state index in [0.717, 1.165) is 12.1 Å². The highest BCUT2D eigenvalue weighted by Crippen LogP contribution is 2.34. The van der Waals surface area contributed by atoms with Crippen molar-refractivity contribution in [3.63, 3.8) is 0 Å². The number of rotatable bonds is 5. The normalized spacial score (nSPS) is 21.1. The Morgan fingerprint density at radius 1 is 1.36 bits per heavy atom. The zero-order chi connectivity index (χ0) is 16.3. The molecule has 0 bridgehead atoms. The Bertz CT molecular complexity index is 574. The molecule has 1 aliphatic heterocycles. The molecule has 7 heteroatoms. The zero-order valence-corrected chi connectivity index (χ0v) is 12.3. The molecule has 1 fully saturated rings. The van der Waals surface area contributed by atoms with E-state index < -0.39 is 34.6 Å². The standard InChI is InChI=1S/C15H18F2N2O3/c1-22-9-15(8-12(18)20)6-3-7-19(15)14(21)13-10(16)4-2-5-11(13)17/h2,4-5H,3,6-9H2,1H3,(H2,18,20)/t15-/m0/s1. The van der Waals surface area contributed by atoms with Crippen LogP contribution < -0.4 is 5.73 Å². The van der Waals surface area contributed by atoms with Gasteiger partial charge in [-0.2, -0.15) is 0 Å². The molecule has 0 aromatic heterocycles. The summed E-state index contributed by atoms with van der Waals surface area (Å²) in [6.45, 7) is 0.376. The molecule has 0 radical (unpaired) electrons. The molecule has 1 atom stereocenters. The van der Waals surface area contributed by atoms with E-state index in [4.69, 9.17) is 10.5 Å². The van der Waals surface area contributed by atoms with Crippen molar-refractivity contribution in [2.75, 3.05) is 20.3 Å². The quantitative estimate of drug-likeness (QED) is 0.894. The second kappa shape index (κ2) is 6.39. The van der Waals surface area contributed by atoms with Crippen LogP contribution in [0.1, 0.15) is 29.6 Å². The number of likely N-dealkylation sites (tertiary alicyclic amines) is 1. The SMILES string of the molecule is COC[C@@]1(CC(N)=O)CCCN1C(=O)c1c(F)cccc1F. The van der Waals surface area contributed by atoms with Gasteiger partial charge in [-0.15, -0.1) is 0 Å². The minimum absolute atomic E-state index is 0.0811. The summed E-state index contributed by atoms with van der Waals surface area (Å²) in [5.74, 6) is -3.23. The first-order valence-corrected chi connectivity index (χ1v) is 6.94. The van der Waals surface area contributed by atoms with E-state index in [2.05, 4.69) is 0 Å². The zero-order valence-electron chi connectivity index (χ0n) is 12.3. The van der Waals surface area contributed by atoms with Crippen LogP contribution in [0.2, 0.25) is 0 Å². The number of amides is 2. The Labute approximate surface area is 127 Å². The first kappa shape index (κ1) is 16.4. The molecule has 120 valence electrons. The van der Waals surface area contributed by atoms with Crippen LogP contribution in [0.3, 0.4) is 0 Å². The van der Waals surface area contributed by atoms with Crippen LogP contribution >= 0.6 is 0 Å². The smallest absolute Gasteiger partial charge is 0.260 e. The molecule has 2 N–H and O–H groups in total. The van der Waals surface area contributed by atoms with Gasteiger partial charge in [-0.25, -0.2) is 8.78 Å². The second-order valence-corrected chi connectivity index (χ2v) is 5.46. The number of carbonyl (C=O) groups excluding carboxylic acids is 2. The van der Waals surface area contributed by atoms with E-state index >= 15 is 0 Å². The number of carbonyl (C=O) groups is 2. The van der Waals surface area contributed by atoms with Crippen LogP contribution in [0.5, 0.6) is 0 Å². The number of hydrogen-bond acceptors (Lipinski definition) is 3.